The summed E-state index contributed by atoms with van der Waals surface area (Å²) < 4.78 is 29.2. The van der Waals surface area contributed by atoms with Gasteiger partial charge in [-0.2, -0.15) is 4.31 Å². The van der Waals surface area contributed by atoms with Gasteiger partial charge in [0.2, 0.25) is 10.0 Å². The van der Waals surface area contributed by atoms with E-state index in [1.54, 1.807) is 47.0 Å². The summed E-state index contributed by atoms with van der Waals surface area (Å²) in [6, 6.07) is 17.2. The lowest BCUT2D eigenvalue weighted by Gasteiger charge is -2.34. The quantitative estimate of drug-likeness (QED) is 0.463. The molecule has 2 aromatic carbocycles. The molecule has 2 heterocycles. The van der Waals surface area contributed by atoms with E-state index in [2.05, 4.69) is 32.9 Å². The van der Waals surface area contributed by atoms with E-state index in [1.807, 2.05) is 30.3 Å². The van der Waals surface area contributed by atoms with Gasteiger partial charge in [-0.05, 0) is 83.5 Å². The second-order valence-corrected chi connectivity index (χ2v) is 10.4. The fraction of sp³-hybridized carbons (Fsp3) is 0.217. The van der Waals surface area contributed by atoms with Crippen LogP contribution in [0.25, 0.3) is 0 Å². The van der Waals surface area contributed by atoms with Crippen LogP contribution in [-0.2, 0) is 10.0 Å². The van der Waals surface area contributed by atoms with Gasteiger partial charge in [0.1, 0.15) is 0 Å². The van der Waals surface area contributed by atoms with Crippen molar-refractivity contribution in [3.8, 4) is 0 Å². The number of carbonyl (C=O) groups is 1. The highest BCUT2D eigenvalue weighted by Gasteiger charge is 2.34. The Hall–Kier alpha value is -2.30. The minimum atomic E-state index is -3.67. The molecule has 160 valence electrons. The van der Waals surface area contributed by atoms with E-state index in [0.717, 1.165) is 28.4 Å². The molecule has 31 heavy (non-hydrogen) atoms. The Balaban J connectivity index is 1.55. The highest BCUT2D eigenvalue weighted by atomic mass is 127. The first-order valence-electron chi connectivity index (χ1n) is 10.0. The molecule has 0 radical (unpaired) electrons. The van der Waals surface area contributed by atoms with Crippen LogP contribution in [0.3, 0.4) is 0 Å². The van der Waals surface area contributed by atoms with Crippen LogP contribution in [0.2, 0.25) is 0 Å². The number of aromatic nitrogens is 1. The topological polar surface area (TPSA) is 79.4 Å². The normalized spacial score (nSPS) is 17.3. The summed E-state index contributed by atoms with van der Waals surface area (Å²) in [7, 11) is -3.67. The molecule has 1 atom stereocenters. The molecule has 0 spiro atoms. The van der Waals surface area contributed by atoms with Gasteiger partial charge in [-0.3, -0.25) is 9.78 Å². The average Bonchev–Trinajstić information content (AvgIpc) is 2.80. The van der Waals surface area contributed by atoms with Crippen LogP contribution in [0.1, 0.15) is 41.2 Å². The molecule has 0 aliphatic carbocycles. The Morgan fingerprint density at radius 3 is 2.52 bits per heavy atom. The number of rotatable bonds is 5. The zero-order valence-corrected chi connectivity index (χ0v) is 19.7. The van der Waals surface area contributed by atoms with Gasteiger partial charge in [0, 0.05) is 28.2 Å². The molecule has 1 aromatic heterocycles. The van der Waals surface area contributed by atoms with E-state index in [0.29, 0.717) is 17.8 Å². The van der Waals surface area contributed by atoms with E-state index >= 15 is 0 Å². The molecular formula is C23H22IN3O3S. The van der Waals surface area contributed by atoms with Crippen molar-refractivity contribution in [1.82, 2.24) is 9.29 Å². The summed E-state index contributed by atoms with van der Waals surface area (Å²) in [6.07, 6.45) is 6.01. The van der Waals surface area contributed by atoms with Crippen molar-refractivity contribution in [3.63, 3.8) is 0 Å². The van der Waals surface area contributed by atoms with E-state index in [4.69, 9.17) is 0 Å². The monoisotopic (exact) mass is 547 g/mol. The lowest BCUT2D eigenvalue weighted by atomic mass is 9.99. The number of nitrogens with zero attached hydrogens (tertiary/aromatic N) is 2. The SMILES string of the molecule is O=C(Nc1ccc(S(=O)(=O)N2CCCC[C@H]2c2cccnc2)cc1)c1ccccc1I. The fourth-order valence-electron chi connectivity index (χ4n) is 3.79. The van der Waals surface area contributed by atoms with Gasteiger partial charge in [-0.15, -0.1) is 0 Å². The fourth-order valence-corrected chi connectivity index (χ4v) is 6.10. The van der Waals surface area contributed by atoms with Crippen molar-refractivity contribution in [1.29, 1.82) is 0 Å². The van der Waals surface area contributed by atoms with Crippen LogP contribution in [0, 0.1) is 3.57 Å². The number of anilines is 1. The minimum absolute atomic E-state index is 0.216. The lowest BCUT2D eigenvalue weighted by molar-refractivity contribution is 0.102. The maximum absolute atomic E-state index is 13.4. The molecule has 1 fully saturated rings. The van der Waals surface area contributed by atoms with Crippen molar-refractivity contribution in [2.24, 2.45) is 0 Å². The molecule has 1 aliphatic heterocycles. The average molecular weight is 547 g/mol. The van der Waals surface area contributed by atoms with Crippen molar-refractivity contribution in [2.75, 3.05) is 11.9 Å². The molecule has 8 heteroatoms. The second-order valence-electron chi connectivity index (χ2n) is 7.37. The Bertz CT molecular complexity index is 1170. The number of piperidine rings is 1. The van der Waals surface area contributed by atoms with Gasteiger partial charge in [-0.25, -0.2) is 8.42 Å². The minimum Gasteiger partial charge on any atom is -0.322 e. The molecule has 1 amide bonds. The number of halogens is 1. The zero-order chi connectivity index (χ0) is 21.8. The van der Waals surface area contributed by atoms with Crippen LogP contribution in [0.5, 0.6) is 0 Å². The van der Waals surface area contributed by atoms with Crippen molar-refractivity contribution in [2.45, 2.75) is 30.2 Å². The Morgan fingerprint density at radius 2 is 1.81 bits per heavy atom. The summed E-state index contributed by atoms with van der Waals surface area (Å²) in [5, 5.41) is 2.83. The number of benzene rings is 2. The van der Waals surface area contributed by atoms with E-state index in [9.17, 15) is 13.2 Å². The maximum atomic E-state index is 13.4. The van der Waals surface area contributed by atoms with E-state index in [1.165, 1.54) is 0 Å². The second kappa shape index (κ2) is 9.46. The van der Waals surface area contributed by atoms with Crippen molar-refractivity contribution >= 4 is 44.2 Å². The third-order valence-corrected chi connectivity index (χ3v) is 8.22. The standard InChI is InChI=1S/C23H22IN3O3S/c24-21-8-2-1-7-20(21)23(28)26-18-10-12-19(13-11-18)31(29,30)27-15-4-3-9-22(27)17-6-5-14-25-16-17/h1-2,5-8,10-14,16,22H,3-4,9,15H2,(H,26,28)/t22-/m0/s1. The molecule has 0 unspecified atom stereocenters. The highest BCUT2D eigenvalue weighted by Crippen LogP contribution is 2.35. The number of nitrogens with one attached hydrogen (secondary N) is 1. The van der Waals surface area contributed by atoms with E-state index in [-0.39, 0.29) is 16.8 Å². The molecule has 0 bridgehead atoms. The van der Waals surface area contributed by atoms with Gasteiger partial charge in [0.05, 0.1) is 16.5 Å². The third kappa shape index (κ3) is 4.81. The van der Waals surface area contributed by atoms with Gasteiger partial charge in [0.15, 0.2) is 0 Å². The number of hydrogen-bond acceptors (Lipinski definition) is 4. The predicted molar refractivity (Wildman–Crippen MR) is 128 cm³/mol. The number of hydrogen-bond donors (Lipinski definition) is 1. The zero-order valence-electron chi connectivity index (χ0n) is 16.7. The van der Waals surface area contributed by atoms with Crippen LogP contribution in [0.4, 0.5) is 5.69 Å². The summed E-state index contributed by atoms with van der Waals surface area (Å²) in [6.45, 7) is 0.479. The highest BCUT2D eigenvalue weighted by molar-refractivity contribution is 14.1. The Kier molecular flexibility index (Phi) is 6.68. The summed E-state index contributed by atoms with van der Waals surface area (Å²) in [5.74, 6) is -0.228. The van der Waals surface area contributed by atoms with Crippen LogP contribution < -0.4 is 5.32 Å². The number of pyridine rings is 1. The van der Waals surface area contributed by atoms with Crippen LogP contribution in [0.15, 0.2) is 78.0 Å². The van der Waals surface area contributed by atoms with Crippen LogP contribution >= 0.6 is 22.6 Å². The molecule has 4 rings (SSSR count). The molecule has 1 N–H and O–H groups in total. The van der Waals surface area contributed by atoms with Gasteiger partial charge in [0.25, 0.3) is 5.91 Å². The predicted octanol–water partition coefficient (Wildman–Crippen LogP) is 4.85. The maximum Gasteiger partial charge on any atom is 0.256 e. The molecule has 3 aromatic rings. The summed E-state index contributed by atoms with van der Waals surface area (Å²) >= 11 is 2.12. The van der Waals surface area contributed by atoms with Crippen molar-refractivity contribution < 1.29 is 13.2 Å². The van der Waals surface area contributed by atoms with E-state index < -0.39 is 10.0 Å². The largest absolute Gasteiger partial charge is 0.322 e. The van der Waals surface area contributed by atoms with Gasteiger partial charge >= 0.3 is 0 Å². The van der Waals surface area contributed by atoms with Crippen molar-refractivity contribution in [3.05, 3.63) is 87.8 Å². The Morgan fingerprint density at radius 1 is 1.03 bits per heavy atom. The first-order valence-corrected chi connectivity index (χ1v) is 12.6. The number of carbonyl (C=O) groups excluding carboxylic acids is 1. The molecule has 0 saturated carbocycles. The van der Waals surface area contributed by atoms with Crippen LogP contribution in [-0.4, -0.2) is 30.2 Å². The van der Waals surface area contributed by atoms with Gasteiger partial charge in [-0.1, -0.05) is 24.6 Å². The lowest BCUT2D eigenvalue weighted by Crippen LogP contribution is -2.38. The molecular weight excluding hydrogens is 525 g/mol. The Labute approximate surface area is 195 Å². The molecule has 1 aliphatic rings. The first-order chi connectivity index (χ1) is 15.0. The summed E-state index contributed by atoms with van der Waals surface area (Å²) in [4.78, 5) is 16.9. The molecule has 1 saturated heterocycles. The summed E-state index contributed by atoms with van der Waals surface area (Å²) in [5.41, 5.74) is 2.03. The number of amides is 1. The van der Waals surface area contributed by atoms with Gasteiger partial charge < -0.3 is 5.32 Å². The number of sulfonamides is 1. The first kappa shape index (κ1) is 21.9. The third-order valence-electron chi connectivity index (χ3n) is 5.36. The molecule has 6 nitrogen and oxygen atoms in total. The smallest absolute Gasteiger partial charge is 0.256 e.